The average molecular weight is 321 g/mol. The second kappa shape index (κ2) is 7.37. The zero-order chi connectivity index (χ0) is 16.9. The van der Waals surface area contributed by atoms with Crippen LogP contribution in [-0.2, 0) is 13.1 Å². The summed E-state index contributed by atoms with van der Waals surface area (Å²) in [5, 5.41) is 12.6. The van der Waals surface area contributed by atoms with Gasteiger partial charge in [0.25, 0.3) is 0 Å². The summed E-state index contributed by atoms with van der Waals surface area (Å²) in [4.78, 5) is 2.32. The number of methoxy groups -OCH3 is 1. The molecule has 0 aromatic heterocycles. The van der Waals surface area contributed by atoms with Crippen molar-refractivity contribution in [2.24, 2.45) is 0 Å². The molecule has 0 aliphatic rings. The van der Waals surface area contributed by atoms with E-state index in [1.54, 1.807) is 13.2 Å². The van der Waals surface area contributed by atoms with Gasteiger partial charge in [-0.2, -0.15) is 0 Å². The Balaban J connectivity index is 1.93. The van der Waals surface area contributed by atoms with Gasteiger partial charge in [-0.25, -0.2) is 0 Å². The topological polar surface area (TPSA) is 32.7 Å². The van der Waals surface area contributed by atoms with Crippen molar-refractivity contribution in [2.45, 2.75) is 20.0 Å². The van der Waals surface area contributed by atoms with Crippen LogP contribution in [0.2, 0.25) is 0 Å². The van der Waals surface area contributed by atoms with E-state index in [1.165, 1.54) is 5.56 Å². The first-order valence-electron chi connectivity index (χ1n) is 8.26. The van der Waals surface area contributed by atoms with Crippen molar-refractivity contribution in [3.63, 3.8) is 0 Å². The SMILES string of the molecule is CCN(Cc1ccccc1)Cc1c(O)ccc2ccc(OC)cc12. The molecule has 1 N–H and O–H groups in total. The van der Waals surface area contributed by atoms with Gasteiger partial charge in [0.2, 0.25) is 0 Å². The molecule has 0 spiro atoms. The van der Waals surface area contributed by atoms with Crippen molar-refractivity contribution in [3.8, 4) is 11.5 Å². The van der Waals surface area contributed by atoms with Gasteiger partial charge in [0, 0.05) is 18.7 Å². The van der Waals surface area contributed by atoms with Crippen LogP contribution in [0.4, 0.5) is 0 Å². The summed E-state index contributed by atoms with van der Waals surface area (Å²) in [5.74, 6) is 1.14. The molecule has 3 aromatic carbocycles. The lowest BCUT2D eigenvalue weighted by molar-refractivity contribution is 0.268. The summed E-state index contributed by atoms with van der Waals surface area (Å²) in [5.41, 5.74) is 2.22. The van der Waals surface area contributed by atoms with E-state index in [0.717, 1.165) is 35.2 Å². The number of benzene rings is 3. The number of ether oxygens (including phenoxy) is 1. The largest absolute Gasteiger partial charge is 0.508 e. The number of hydrogen-bond donors (Lipinski definition) is 1. The van der Waals surface area contributed by atoms with Crippen molar-refractivity contribution in [1.29, 1.82) is 0 Å². The molecule has 3 rings (SSSR count). The first-order chi connectivity index (χ1) is 11.7. The fraction of sp³-hybridized carbons (Fsp3) is 0.238. The molecule has 3 nitrogen and oxygen atoms in total. The number of phenolic OH excluding ortho intramolecular Hbond substituents is 1. The van der Waals surface area contributed by atoms with Crippen LogP contribution in [0.5, 0.6) is 11.5 Å². The Hall–Kier alpha value is -2.52. The Bertz CT molecular complexity index is 815. The van der Waals surface area contributed by atoms with E-state index < -0.39 is 0 Å². The Morgan fingerprint density at radius 1 is 0.958 bits per heavy atom. The quantitative estimate of drug-likeness (QED) is 0.721. The summed E-state index contributed by atoms with van der Waals surface area (Å²) in [7, 11) is 1.66. The Kier molecular flexibility index (Phi) is 5.02. The Morgan fingerprint density at radius 3 is 2.42 bits per heavy atom. The van der Waals surface area contributed by atoms with Crippen LogP contribution in [-0.4, -0.2) is 23.7 Å². The molecule has 124 valence electrons. The first kappa shape index (κ1) is 16.3. The van der Waals surface area contributed by atoms with Gasteiger partial charge in [-0.05, 0) is 41.1 Å². The molecule has 0 bridgehead atoms. The summed E-state index contributed by atoms with van der Waals surface area (Å²) in [6.45, 7) is 4.61. The molecule has 0 aliphatic carbocycles. The van der Waals surface area contributed by atoms with E-state index in [1.807, 2.05) is 30.3 Å². The van der Waals surface area contributed by atoms with Crippen molar-refractivity contribution in [2.75, 3.05) is 13.7 Å². The monoisotopic (exact) mass is 321 g/mol. The summed E-state index contributed by atoms with van der Waals surface area (Å²) >= 11 is 0. The lowest BCUT2D eigenvalue weighted by atomic mass is 10.0. The van der Waals surface area contributed by atoms with Gasteiger partial charge in [-0.1, -0.05) is 49.4 Å². The average Bonchev–Trinajstić information content (AvgIpc) is 2.63. The van der Waals surface area contributed by atoms with Gasteiger partial charge in [0.15, 0.2) is 0 Å². The highest BCUT2D eigenvalue weighted by Gasteiger charge is 2.12. The summed E-state index contributed by atoms with van der Waals surface area (Å²) in [6, 6.07) is 20.1. The Labute approximate surface area is 143 Å². The van der Waals surface area contributed by atoms with Crippen molar-refractivity contribution in [1.82, 2.24) is 4.90 Å². The maximum absolute atomic E-state index is 10.4. The fourth-order valence-electron chi connectivity index (χ4n) is 2.99. The first-order valence-corrected chi connectivity index (χ1v) is 8.26. The highest BCUT2D eigenvalue weighted by Crippen LogP contribution is 2.31. The van der Waals surface area contributed by atoms with Crippen molar-refractivity contribution < 1.29 is 9.84 Å². The molecule has 0 saturated carbocycles. The van der Waals surface area contributed by atoms with E-state index in [-0.39, 0.29) is 0 Å². The molecule has 3 aromatic rings. The van der Waals surface area contributed by atoms with Crippen LogP contribution in [0.1, 0.15) is 18.1 Å². The van der Waals surface area contributed by atoms with Crippen LogP contribution < -0.4 is 4.74 Å². The zero-order valence-corrected chi connectivity index (χ0v) is 14.2. The molecular weight excluding hydrogens is 298 g/mol. The van der Waals surface area contributed by atoms with Gasteiger partial charge in [0.05, 0.1) is 7.11 Å². The summed E-state index contributed by atoms with van der Waals surface area (Å²) in [6.07, 6.45) is 0. The third kappa shape index (κ3) is 3.52. The molecule has 0 heterocycles. The highest BCUT2D eigenvalue weighted by molar-refractivity contribution is 5.88. The van der Waals surface area contributed by atoms with Gasteiger partial charge in [0.1, 0.15) is 11.5 Å². The zero-order valence-electron chi connectivity index (χ0n) is 14.2. The van der Waals surface area contributed by atoms with Gasteiger partial charge in [-0.15, -0.1) is 0 Å². The van der Waals surface area contributed by atoms with Gasteiger partial charge < -0.3 is 9.84 Å². The van der Waals surface area contributed by atoms with Crippen molar-refractivity contribution >= 4 is 10.8 Å². The number of phenols is 1. The maximum atomic E-state index is 10.4. The summed E-state index contributed by atoms with van der Waals surface area (Å²) < 4.78 is 5.35. The van der Waals surface area contributed by atoms with E-state index in [2.05, 4.69) is 36.1 Å². The second-order valence-corrected chi connectivity index (χ2v) is 5.94. The van der Waals surface area contributed by atoms with E-state index in [4.69, 9.17) is 4.74 Å². The highest BCUT2D eigenvalue weighted by atomic mass is 16.5. The van der Waals surface area contributed by atoms with E-state index in [0.29, 0.717) is 12.3 Å². The number of hydrogen-bond acceptors (Lipinski definition) is 3. The normalized spacial score (nSPS) is 11.1. The molecular formula is C21H23NO2. The fourth-order valence-corrected chi connectivity index (χ4v) is 2.99. The lowest BCUT2D eigenvalue weighted by Crippen LogP contribution is -2.22. The maximum Gasteiger partial charge on any atom is 0.120 e. The minimum absolute atomic E-state index is 0.335. The number of fused-ring (bicyclic) bond motifs is 1. The number of nitrogens with zero attached hydrogens (tertiary/aromatic N) is 1. The van der Waals surface area contributed by atoms with Crippen LogP contribution >= 0.6 is 0 Å². The van der Waals surface area contributed by atoms with Crippen LogP contribution in [0, 0.1) is 0 Å². The molecule has 0 saturated heterocycles. The molecule has 3 heteroatoms. The minimum atomic E-state index is 0.335. The second-order valence-electron chi connectivity index (χ2n) is 5.94. The molecule has 0 fully saturated rings. The lowest BCUT2D eigenvalue weighted by Gasteiger charge is -2.22. The van der Waals surface area contributed by atoms with Crippen LogP contribution in [0.3, 0.4) is 0 Å². The molecule has 0 atom stereocenters. The number of rotatable bonds is 6. The molecule has 0 radical (unpaired) electrons. The predicted molar refractivity (Wildman–Crippen MR) is 98.4 cm³/mol. The minimum Gasteiger partial charge on any atom is -0.508 e. The third-order valence-corrected chi connectivity index (χ3v) is 4.39. The molecule has 24 heavy (non-hydrogen) atoms. The van der Waals surface area contributed by atoms with Gasteiger partial charge >= 0.3 is 0 Å². The smallest absolute Gasteiger partial charge is 0.120 e. The molecule has 0 unspecified atom stereocenters. The van der Waals surface area contributed by atoms with Crippen LogP contribution in [0.15, 0.2) is 60.7 Å². The Morgan fingerprint density at radius 2 is 1.71 bits per heavy atom. The molecule has 0 aliphatic heterocycles. The third-order valence-electron chi connectivity index (χ3n) is 4.39. The predicted octanol–water partition coefficient (Wildman–Crippen LogP) is 4.58. The standard InChI is InChI=1S/C21H23NO2/c1-3-22(14-16-7-5-4-6-8-16)15-20-19-13-18(24-2)11-9-17(19)10-12-21(20)23/h4-13,23H,3,14-15H2,1-2H3. The molecule has 0 amide bonds. The van der Waals surface area contributed by atoms with Crippen LogP contribution in [0.25, 0.3) is 10.8 Å². The van der Waals surface area contributed by atoms with E-state index in [9.17, 15) is 5.11 Å². The van der Waals surface area contributed by atoms with E-state index >= 15 is 0 Å². The number of aromatic hydroxyl groups is 1. The van der Waals surface area contributed by atoms with Gasteiger partial charge in [-0.3, -0.25) is 4.90 Å². The van der Waals surface area contributed by atoms with Crippen molar-refractivity contribution in [3.05, 3.63) is 71.8 Å².